The molecule has 0 saturated heterocycles. The van der Waals surface area contributed by atoms with E-state index in [1.807, 2.05) is 30.6 Å². The molecule has 3 heterocycles. The third kappa shape index (κ3) is 4.87. The van der Waals surface area contributed by atoms with Crippen LogP contribution in [0.1, 0.15) is 0 Å². The number of aromatic amines is 1. The van der Waals surface area contributed by atoms with Gasteiger partial charge in [-0.15, -0.1) is 0 Å². The van der Waals surface area contributed by atoms with E-state index in [2.05, 4.69) is 70.6 Å². The molecule has 0 aliphatic heterocycles. The smallest absolute Gasteiger partial charge is 0.485 e. The van der Waals surface area contributed by atoms with Crippen molar-refractivity contribution in [3.8, 4) is 22.5 Å². The zero-order valence-electron chi connectivity index (χ0n) is 17.3. The Morgan fingerprint density at radius 3 is 2.03 bits per heavy atom. The molecule has 5 aromatic rings. The molecule has 1 N–H and O–H groups in total. The lowest BCUT2D eigenvalue weighted by Crippen LogP contribution is -2.21. The van der Waals surface area contributed by atoms with Crippen LogP contribution in [0, 0.1) is 0 Å². The van der Waals surface area contributed by atoms with Crippen molar-refractivity contribution in [2.24, 2.45) is 0 Å². The van der Waals surface area contributed by atoms with Crippen LogP contribution in [0.3, 0.4) is 0 Å². The van der Waals surface area contributed by atoms with Gasteiger partial charge in [0.2, 0.25) is 5.52 Å². The van der Waals surface area contributed by atoms with Gasteiger partial charge in [0.15, 0.2) is 16.3 Å². The Hall–Kier alpha value is -3.89. The average Bonchev–Trinajstić information content (AvgIpc) is 2.82. The molecule has 5 rings (SSSR count). The summed E-state index contributed by atoms with van der Waals surface area (Å²) in [4.78, 5) is 12.9. The summed E-state index contributed by atoms with van der Waals surface area (Å²) < 4.78 is 58.9. The Labute approximate surface area is 192 Å². The van der Waals surface area contributed by atoms with Gasteiger partial charge in [-0.25, -0.2) is 18.4 Å². The molecule has 0 fully saturated rings. The van der Waals surface area contributed by atoms with Gasteiger partial charge in [-0.3, -0.25) is 4.98 Å². The number of H-pyrrole nitrogens is 1. The highest BCUT2D eigenvalue weighted by molar-refractivity contribution is 7.86. The number of benzene rings is 2. The van der Waals surface area contributed by atoms with Crippen LogP contribution in [0.2, 0.25) is 0 Å². The van der Waals surface area contributed by atoms with E-state index in [1.165, 1.54) is 5.39 Å². The number of nitrogens with one attached hydrogen (secondary N) is 1. The molecule has 2 aromatic carbocycles. The van der Waals surface area contributed by atoms with Gasteiger partial charge in [-0.1, -0.05) is 36.4 Å². The highest BCUT2D eigenvalue weighted by Gasteiger charge is 2.36. The molecule has 0 atom stereocenters. The van der Waals surface area contributed by atoms with Crippen molar-refractivity contribution < 1.29 is 31.1 Å². The van der Waals surface area contributed by atoms with Gasteiger partial charge < -0.3 is 4.55 Å². The first-order valence-corrected chi connectivity index (χ1v) is 11.3. The van der Waals surface area contributed by atoms with Crippen molar-refractivity contribution in [3.05, 3.63) is 91.3 Å². The van der Waals surface area contributed by atoms with Crippen LogP contribution in [-0.2, 0) is 10.1 Å². The summed E-state index contributed by atoms with van der Waals surface area (Å²) in [6.07, 6.45) is 3.78. The Kier molecular flexibility index (Phi) is 6.27. The minimum Gasteiger partial charge on any atom is -0.741 e. The first kappa shape index (κ1) is 23.3. The molecule has 0 spiro atoms. The van der Waals surface area contributed by atoms with E-state index in [9.17, 15) is 13.2 Å². The molecule has 0 bridgehead atoms. The fourth-order valence-corrected chi connectivity index (χ4v) is 3.41. The molecule has 6 nitrogen and oxygen atoms in total. The molecule has 0 aliphatic rings. The summed E-state index contributed by atoms with van der Waals surface area (Å²) in [5.74, 6) is 0. The van der Waals surface area contributed by atoms with Crippen molar-refractivity contribution in [1.82, 2.24) is 9.97 Å². The van der Waals surface area contributed by atoms with Gasteiger partial charge in [0.1, 0.15) is 0 Å². The van der Waals surface area contributed by atoms with Gasteiger partial charge in [-0.05, 0) is 36.4 Å². The van der Waals surface area contributed by atoms with E-state index >= 15 is 0 Å². The molecule has 0 saturated carbocycles. The van der Waals surface area contributed by atoms with Crippen molar-refractivity contribution in [2.45, 2.75) is 5.51 Å². The number of para-hydroxylation sites is 2. The maximum absolute atomic E-state index is 10.7. The normalized spacial score (nSPS) is 11.8. The lowest BCUT2D eigenvalue weighted by molar-refractivity contribution is -0.344. The lowest BCUT2D eigenvalue weighted by Gasteiger charge is -2.08. The minimum atomic E-state index is -6.09. The SMILES string of the molecule is O=S(=O)([O-])C(F)(F)F.c1cc(-c2cccc3cccnc23)nc(-c2cccc3ccc[nH+]c23)c1. The lowest BCUT2D eigenvalue weighted by atomic mass is 10.0. The number of alkyl halides is 3. The molecule has 0 amide bonds. The molecular formula is C24H16F3N3O3S. The van der Waals surface area contributed by atoms with Gasteiger partial charge in [0.25, 0.3) is 0 Å². The third-order valence-corrected chi connectivity index (χ3v) is 5.48. The van der Waals surface area contributed by atoms with Crippen LogP contribution in [0.5, 0.6) is 0 Å². The highest BCUT2D eigenvalue weighted by Crippen LogP contribution is 2.29. The number of pyridine rings is 3. The van der Waals surface area contributed by atoms with Crippen LogP contribution >= 0.6 is 0 Å². The molecule has 0 radical (unpaired) electrons. The first-order chi connectivity index (χ1) is 16.1. The van der Waals surface area contributed by atoms with E-state index < -0.39 is 15.6 Å². The van der Waals surface area contributed by atoms with Crippen LogP contribution in [-0.4, -0.2) is 28.4 Å². The zero-order valence-corrected chi connectivity index (χ0v) is 18.1. The maximum atomic E-state index is 10.7. The summed E-state index contributed by atoms with van der Waals surface area (Å²) in [5, 5.41) is 2.29. The van der Waals surface area contributed by atoms with E-state index in [-0.39, 0.29) is 0 Å². The zero-order chi connectivity index (χ0) is 24.3. The molecule has 10 heteroatoms. The van der Waals surface area contributed by atoms with Crippen LogP contribution < -0.4 is 4.98 Å². The van der Waals surface area contributed by atoms with Gasteiger partial charge in [-0.2, -0.15) is 13.2 Å². The number of aromatic nitrogens is 3. The molecule has 34 heavy (non-hydrogen) atoms. The van der Waals surface area contributed by atoms with Gasteiger partial charge in [0.05, 0.1) is 22.5 Å². The van der Waals surface area contributed by atoms with E-state index in [0.29, 0.717) is 0 Å². The number of nitrogens with zero attached hydrogens (tertiary/aromatic N) is 2. The van der Waals surface area contributed by atoms with E-state index in [0.717, 1.165) is 38.9 Å². The third-order valence-electron chi connectivity index (χ3n) is 4.91. The van der Waals surface area contributed by atoms with E-state index in [4.69, 9.17) is 18.0 Å². The average molecular weight is 483 g/mol. The molecule has 0 unspecified atom stereocenters. The van der Waals surface area contributed by atoms with Crippen LogP contribution in [0.4, 0.5) is 13.2 Å². The second kappa shape index (κ2) is 9.16. The molecular weight excluding hydrogens is 467 g/mol. The monoisotopic (exact) mass is 483 g/mol. The molecule has 172 valence electrons. The quantitative estimate of drug-likeness (QED) is 0.261. The van der Waals surface area contributed by atoms with Crippen molar-refractivity contribution in [3.63, 3.8) is 0 Å². The fourth-order valence-electron chi connectivity index (χ4n) is 3.41. The van der Waals surface area contributed by atoms with E-state index in [1.54, 1.807) is 0 Å². The van der Waals surface area contributed by atoms with Crippen molar-refractivity contribution in [2.75, 3.05) is 0 Å². The second-order valence-electron chi connectivity index (χ2n) is 7.13. The minimum absolute atomic E-state index is 0.930. The summed E-state index contributed by atoms with van der Waals surface area (Å²) in [7, 11) is -6.09. The Morgan fingerprint density at radius 2 is 1.32 bits per heavy atom. The first-order valence-electron chi connectivity index (χ1n) is 9.88. The number of rotatable bonds is 2. The highest BCUT2D eigenvalue weighted by atomic mass is 32.2. The summed E-state index contributed by atoms with van der Waals surface area (Å²) in [5.41, 5.74) is 0.447. The topological polar surface area (TPSA) is 97.1 Å². The molecule has 3 aromatic heterocycles. The summed E-state index contributed by atoms with van der Waals surface area (Å²) in [6.45, 7) is 0. The standard InChI is InChI=1S/C23H15N3.CHF3O3S/c1-6-16-8-4-14-24-22(16)18(10-1)20-12-3-13-21(26-20)19-11-2-7-17-9-5-15-25-23(17)19;2-1(3,4)8(5,6)7/h1-15H;(H,5,6,7). The second-order valence-corrected chi connectivity index (χ2v) is 8.50. The largest absolute Gasteiger partial charge is 0.741 e. The summed E-state index contributed by atoms with van der Waals surface area (Å²) in [6, 6.07) is 26.8. The number of hydrogen-bond donors (Lipinski definition) is 0. The van der Waals surface area contributed by atoms with Crippen LogP contribution in [0.25, 0.3) is 44.3 Å². The van der Waals surface area contributed by atoms with Crippen LogP contribution in [0.15, 0.2) is 91.3 Å². The van der Waals surface area contributed by atoms with Crippen molar-refractivity contribution >= 4 is 31.9 Å². The number of halogens is 3. The number of fused-ring (bicyclic) bond motifs is 2. The van der Waals surface area contributed by atoms with Gasteiger partial charge in [0, 0.05) is 28.6 Å². The maximum Gasteiger partial charge on any atom is 0.485 e. The Bertz CT molecular complexity index is 1480. The Balaban J connectivity index is 0.000000297. The predicted molar refractivity (Wildman–Crippen MR) is 120 cm³/mol. The fraction of sp³-hybridized carbons (Fsp3) is 0.0417. The summed E-state index contributed by atoms with van der Waals surface area (Å²) >= 11 is 0. The van der Waals surface area contributed by atoms with Gasteiger partial charge >= 0.3 is 5.51 Å². The van der Waals surface area contributed by atoms with Crippen molar-refractivity contribution in [1.29, 1.82) is 0 Å². The number of hydrogen-bond acceptors (Lipinski definition) is 5. The predicted octanol–water partition coefficient (Wildman–Crippen LogP) is 4.98. The Morgan fingerprint density at radius 1 is 0.765 bits per heavy atom. The molecule has 0 aliphatic carbocycles.